The van der Waals surface area contributed by atoms with Crippen molar-refractivity contribution in [3.63, 3.8) is 0 Å². The Morgan fingerprint density at radius 1 is 1.38 bits per heavy atom. The standard InChI is InChI=1S/C15H24N2O4/c1-15(2,3)10-4-6-17(7-5-10)14(20)16-12-9-21-8-11(12)13(18)19/h4,11-12H,5-9H2,1-3H3,(H,16,20)(H,18,19). The van der Waals surface area contributed by atoms with Crippen molar-refractivity contribution in [2.45, 2.75) is 33.2 Å². The number of ether oxygens (including phenoxy) is 1. The molecule has 0 saturated carbocycles. The third kappa shape index (κ3) is 3.75. The van der Waals surface area contributed by atoms with Crippen LogP contribution in [0, 0.1) is 11.3 Å². The van der Waals surface area contributed by atoms with Gasteiger partial charge in [0.15, 0.2) is 0 Å². The highest BCUT2D eigenvalue weighted by Gasteiger charge is 2.36. The van der Waals surface area contributed by atoms with Crippen molar-refractivity contribution in [2.24, 2.45) is 11.3 Å². The van der Waals surface area contributed by atoms with E-state index in [2.05, 4.69) is 32.2 Å². The zero-order chi connectivity index (χ0) is 15.6. The number of urea groups is 1. The van der Waals surface area contributed by atoms with E-state index in [-0.39, 0.29) is 24.7 Å². The van der Waals surface area contributed by atoms with Gasteiger partial charge < -0.3 is 20.1 Å². The van der Waals surface area contributed by atoms with Crippen LogP contribution in [0.25, 0.3) is 0 Å². The highest BCUT2D eigenvalue weighted by Crippen LogP contribution is 2.30. The summed E-state index contributed by atoms with van der Waals surface area (Å²) in [7, 11) is 0. The second-order valence-electron chi connectivity index (χ2n) is 6.71. The first kappa shape index (κ1) is 15.8. The van der Waals surface area contributed by atoms with Crippen molar-refractivity contribution in [1.29, 1.82) is 0 Å². The van der Waals surface area contributed by atoms with Crippen molar-refractivity contribution in [3.8, 4) is 0 Å². The Hall–Kier alpha value is -1.56. The Balaban J connectivity index is 1.91. The molecule has 1 saturated heterocycles. The number of amides is 2. The van der Waals surface area contributed by atoms with Crippen molar-refractivity contribution < 1.29 is 19.4 Å². The molecule has 2 heterocycles. The van der Waals surface area contributed by atoms with Gasteiger partial charge in [-0.25, -0.2) is 4.79 Å². The molecule has 2 amide bonds. The Morgan fingerprint density at radius 2 is 2.10 bits per heavy atom. The Kier molecular flexibility index (Phi) is 4.56. The van der Waals surface area contributed by atoms with Crippen LogP contribution in [0.15, 0.2) is 11.6 Å². The molecule has 2 unspecified atom stereocenters. The van der Waals surface area contributed by atoms with E-state index >= 15 is 0 Å². The predicted octanol–water partition coefficient (Wildman–Crippen LogP) is 1.47. The third-order valence-electron chi connectivity index (χ3n) is 4.17. The minimum Gasteiger partial charge on any atom is -0.481 e. The van der Waals surface area contributed by atoms with E-state index in [4.69, 9.17) is 9.84 Å². The number of hydrogen-bond donors (Lipinski definition) is 2. The maximum absolute atomic E-state index is 12.2. The zero-order valence-corrected chi connectivity index (χ0v) is 12.9. The fourth-order valence-corrected chi connectivity index (χ4v) is 2.72. The van der Waals surface area contributed by atoms with Gasteiger partial charge in [-0.2, -0.15) is 0 Å². The smallest absolute Gasteiger partial charge is 0.318 e. The topological polar surface area (TPSA) is 78.9 Å². The maximum Gasteiger partial charge on any atom is 0.318 e. The molecule has 2 atom stereocenters. The number of carboxylic acids is 1. The summed E-state index contributed by atoms with van der Waals surface area (Å²) in [5, 5.41) is 11.9. The van der Waals surface area contributed by atoms with E-state index in [0.717, 1.165) is 6.42 Å². The minimum absolute atomic E-state index is 0.135. The summed E-state index contributed by atoms with van der Waals surface area (Å²) >= 11 is 0. The van der Waals surface area contributed by atoms with Gasteiger partial charge in [0.05, 0.1) is 19.3 Å². The third-order valence-corrected chi connectivity index (χ3v) is 4.17. The van der Waals surface area contributed by atoms with Crippen molar-refractivity contribution in [3.05, 3.63) is 11.6 Å². The molecule has 1 fully saturated rings. The molecule has 0 aromatic rings. The number of carboxylic acid groups (broad SMARTS) is 1. The van der Waals surface area contributed by atoms with E-state index in [1.807, 2.05) is 0 Å². The number of nitrogens with zero attached hydrogens (tertiary/aromatic N) is 1. The van der Waals surface area contributed by atoms with Crippen LogP contribution >= 0.6 is 0 Å². The Morgan fingerprint density at radius 3 is 2.62 bits per heavy atom. The normalized spacial score (nSPS) is 26.4. The summed E-state index contributed by atoms with van der Waals surface area (Å²) in [6, 6.07) is -0.649. The second kappa shape index (κ2) is 6.05. The van der Waals surface area contributed by atoms with Gasteiger partial charge in [0.2, 0.25) is 0 Å². The number of carbonyl (C=O) groups excluding carboxylic acids is 1. The van der Waals surface area contributed by atoms with Gasteiger partial charge in [0.25, 0.3) is 0 Å². The van der Waals surface area contributed by atoms with Crippen LogP contribution in [0.2, 0.25) is 0 Å². The first-order valence-corrected chi connectivity index (χ1v) is 7.34. The molecule has 0 bridgehead atoms. The number of hydrogen-bond acceptors (Lipinski definition) is 3. The first-order valence-electron chi connectivity index (χ1n) is 7.34. The highest BCUT2D eigenvalue weighted by molar-refractivity contribution is 5.77. The predicted molar refractivity (Wildman–Crippen MR) is 78.0 cm³/mol. The van der Waals surface area contributed by atoms with Gasteiger partial charge in [-0.1, -0.05) is 32.4 Å². The number of carbonyl (C=O) groups is 2. The van der Waals surface area contributed by atoms with Gasteiger partial charge in [-0.05, 0) is 11.8 Å². The van der Waals surface area contributed by atoms with E-state index in [1.54, 1.807) is 4.90 Å². The summed E-state index contributed by atoms with van der Waals surface area (Å²) in [5.41, 5.74) is 1.50. The van der Waals surface area contributed by atoms with Gasteiger partial charge >= 0.3 is 12.0 Å². The Bertz CT molecular complexity index is 453. The van der Waals surface area contributed by atoms with E-state index in [0.29, 0.717) is 13.1 Å². The van der Waals surface area contributed by atoms with Crippen molar-refractivity contribution in [1.82, 2.24) is 10.2 Å². The quantitative estimate of drug-likeness (QED) is 0.756. The highest BCUT2D eigenvalue weighted by atomic mass is 16.5. The van der Waals surface area contributed by atoms with E-state index < -0.39 is 17.9 Å². The summed E-state index contributed by atoms with van der Waals surface area (Å²) in [6.45, 7) is 8.17. The molecular weight excluding hydrogens is 272 g/mol. The Labute approximate surface area is 125 Å². The van der Waals surface area contributed by atoms with Crippen LogP contribution in [-0.4, -0.2) is 54.4 Å². The van der Waals surface area contributed by atoms with Crippen LogP contribution in [-0.2, 0) is 9.53 Å². The summed E-state index contributed by atoms with van der Waals surface area (Å²) < 4.78 is 5.15. The maximum atomic E-state index is 12.2. The molecule has 2 aliphatic heterocycles. The molecular formula is C15H24N2O4. The van der Waals surface area contributed by atoms with Crippen LogP contribution in [0.4, 0.5) is 4.79 Å². The summed E-state index contributed by atoms with van der Waals surface area (Å²) in [5.74, 6) is -1.58. The van der Waals surface area contributed by atoms with Crippen LogP contribution in [0.3, 0.4) is 0 Å². The zero-order valence-electron chi connectivity index (χ0n) is 12.9. The molecule has 2 rings (SSSR count). The molecule has 21 heavy (non-hydrogen) atoms. The molecule has 2 aliphatic rings. The monoisotopic (exact) mass is 296 g/mol. The van der Waals surface area contributed by atoms with E-state index in [1.165, 1.54) is 5.57 Å². The minimum atomic E-state index is -0.925. The average molecular weight is 296 g/mol. The second-order valence-corrected chi connectivity index (χ2v) is 6.71. The van der Waals surface area contributed by atoms with Gasteiger partial charge in [-0.15, -0.1) is 0 Å². The van der Waals surface area contributed by atoms with Crippen LogP contribution in [0.5, 0.6) is 0 Å². The lowest BCUT2D eigenvalue weighted by molar-refractivity contribution is -0.142. The lowest BCUT2D eigenvalue weighted by Gasteiger charge is -2.33. The SMILES string of the molecule is CC(C)(C)C1=CCN(C(=O)NC2COCC2C(=O)O)CC1. The molecule has 118 valence electrons. The molecule has 0 spiro atoms. The number of nitrogens with one attached hydrogen (secondary N) is 1. The van der Waals surface area contributed by atoms with Crippen molar-refractivity contribution >= 4 is 12.0 Å². The average Bonchev–Trinajstić information content (AvgIpc) is 2.86. The van der Waals surface area contributed by atoms with Crippen LogP contribution in [0.1, 0.15) is 27.2 Å². The van der Waals surface area contributed by atoms with Gasteiger partial charge in [0.1, 0.15) is 5.92 Å². The molecule has 0 radical (unpaired) electrons. The van der Waals surface area contributed by atoms with Gasteiger partial charge in [-0.3, -0.25) is 4.79 Å². The van der Waals surface area contributed by atoms with Crippen molar-refractivity contribution in [2.75, 3.05) is 26.3 Å². The fraction of sp³-hybridized carbons (Fsp3) is 0.733. The first-order chi connectivity index (χ1) is 9.79. The largest absolute Gasteiger partial charge is 0.481 e. The summed E-state index contributed by atoms with van der Waals surface area (Å²) in [6.07, 6.45) is 2.96. The number of rotatable bonds is 2. The molecule has 0 aromatic heterocycles. The lowest BCUT2D eigenvalue weighted by atomic mass is 9.83. The van der Waals surface area contributed by atoms with E-state index in [9.17, 15) is 9.59 Å². The number of aliphatic carboxylic acids is 1. The molecule has 0 aliphatic carbocycles. The molecule has 2 N–H and O–H groups in total. The van der Waals surface area contributed by atoms with Crippen LogP contribution < -0.4 is 5.32 Å². The molecule has 0 aromatic carbocycles. The molecule has 6 nitrogen and oxygen atoms in total. The fourth-order valence-electron chi connectivity index (χ4n) is 2.72. The molecule has 6 heteroatoms. The lowest BCUT2D eigenvalue weighted by Crippen LogP contribution is -2.50. The summed E-state index contributed by atoms with van der Waals surface area (Å²) in [4.78, 5) is 25.0. The van der Waals surface area contributed by atoms with Gasteiger partial charge in [0, 0.05) is 13.1 Å².